The number of amides is 5. The normalized spacial score (nSPS) is 11.5. The lowest BCUT2D eigenvalue weighted by atomic mass is 10.2. The minimum absolute atomic E-state index is 0.0378. The number of ether oxygens (including phenoxy) is 18. The number of aryl methyl sites for hydroxylation is 3. The van der Waals surface area contributed by atoms with Crippen LogP contribution in [0.4, 0.5) is 0 Å². The molecule has 0 aromatic carbocycles. The number of ketones is 1. The van der Waals surface area contributed by atoms with Crippen molar-refractivity contribution in [1.29, 1.82) is 0 Å². The van der Waals surface area contributed by atoms with Gasteiger partial charge in [0.15, 0.2) is 0 Å². The van der Waals surface area contributed by atoms with E-state index in [0.717, 1.165) is 17.1 Å². The summed E-state index contributed by atoms with van der Waals surface area (Å²) in [6, 6.07) is 0. The van der Waals surface area contributed by atoms with Crippen molar-refractivity contribution in [2.75, 3.05) is 291 Å². The maximum atomic E-state index is 12.5. The Bertz CT molecular complexity index is 2530. The van der Waals surface area contributed by atoms with Crippen LogP contribution in [0.25, 0.3) is 0 Å². The van der Waals surface area contributed by atoms with Gasteiger partial charge in [0.2, 0.25) is 29.5 Å². The van der Waals surface area contributed by atoms with Crippen LogP contribution in [0.2, 0.25) is 0 Å². The molecule has 108 heavy (non-hydrogen) atoms. The van der Waals surface area contributed by atoms with Gasteiger partial charge >= 0.3 is 0 Å². The quantitative estimate of drug-likeness (QED) is 0.0377. The molecule has 620 valence electrons. The fourth-order valence-electron chi connectivity index (χ4n) is 8.91. The Morgan fingerprint density at radius 1 is 0.287 bits per heavy atom. The number of rotatable bonds is 81. The SMILES string of the molecule is CNC(=O)CCc1cn(CCOCCOCCOCCOCCOCCNC(=O)CCOCCN(CCOCCC(=O)NCCOCCOCCOCCOCCOCCn2cc(CCC(C)=O)nn2)CCOCCC(=O)NCCOCCOCCOCCOCCOCCn2cc(CCC(=O)NC)nn2)nn1. The number of Topliss-reactive ketones (excluding diaryl/α,β-unsaturated/α-hetero) is 1. The zero-order chi connectivity index (χ0) is 77.3. The van der Waals surface area contributed by atoms with E-state index in [1.54, 1.807) is 35.1 Å². The van der Waals surface area contributed by atoms with E-state index >= 15 is 0 Å². The number of nitrogens with one attached hydrogen (secondary N) is 5. The Hall–Kier alpha value is -6.32. The van der Waals surface area contributed by atoms with Gasteiger partial charge in [0.05, 0.1) is 275 Å². The molecule has 0 unspecified atom stereocenters. The summed E-state index contributed by atoms with van der Waals surface area (Å²) >= 11 is 0. The second kappa shape index (κ2) is 71.0. The van der Waals surface area contributed by atoms with Crippen LogP contribution >= 0.6 is 0 Å². The number of carbonyl (C=O) groups excluding carboxylic acids is 6. The van der Waals surface area contributed by atoms with Crippen molar-refractivity contribution in [3.05, 3.63) is 35.7 Å². The van der Waals surface area contributed by atoms with E-state index in [2.05, 4.69) is 62.4 Å². The summed E-state index contributed by atoms with van der Waals surface area (Å²) in [5.41, 5.74) is 2.31. The Kier molecular flexibility index (Phi) is 63.1. The predicted molar refractivity (Wildman–Crippen MR) is 388 cm³/mol. The number of hydrogen-bond donors (Lipinski definition) is 5. The summed E-state index contributed by atoms with van der Waals surface area (Å²) in [6.45, 7) is 20.0. The largest absolute Gasteiger partial charge is 0.380 e. The van der Waals surface area contributed by atoms with Gasteiger partial charge in [-0.2, -0.15) is 0 Å². The maximum Gasteiger partial charge on any atom is 0.222 e. The Labute approximate surface area is 634 Å². The molecule has 0 saturated heterocycles. The smallest absolute Gasteiger partial charge is 0.222 e. The monoisotopic (exact) mass is 1550 g/mol. The molecule has 0 fully saturated rings. The molecule has 0 spiro atoms. The van der Waals surface area contributed by atoms with Crippen LogP contribution in [0.15, 0.2) is 18.6 Å². The van der Waals surface area contributed by atoms with Gasteiger partial charge in [0, 0.05) is 123 Å². The Balaban J connectivity index is 1.15. The van der Waals surface area contributed by atoms with E-state index in [4.69, 9.17) is 85.3 Å². The van der Waals surface area contributed by atoms with Gasteiger partial charge in [-0.1, -0.05) is 15.6 Å². The average molecular weight is 1550 g/mol. The lowest BCUT2D eigenvalue weighted by Gasteiger charge is -2.22. The highest BCUT2D eigenvalue weighted by Gasteiger charge is 2.12. The van der Waals surface area contributed by atoms with Crippen molar-refractivity contribution in [1.82, 2.24) is 76.5 Å². The second-order valence-electron chi connectivity index (χ2n) is 23.6. The van der Waals surface area contributed by atoms with Crippen molar-refractivity contribution in [2.24, 2.45) is 0 Å². The Morgan fingerprint density at radius 3 is 0.750 bits per heavy atom. The zero-order valence-electron chi connectivity index (χ0n) is 64.2. The lowest BCUT2D eigenvalue weighted by Crippen LogP contribution is -2.35. The molecule has 3 aromatic rings. The Morgan fingerprint density at radius 2 is 0.509 bits per heavy atom. The third-order valence-electron chi connectivity index (χ3n) is 14.9. The summed E-state index contributed by atoms with van der Waals surface area (Å²) < 4.78 is 106. The molecule has 0 saturated carbocycles. The van der Waals surface area contributed by atoms with Crippen molar-refractivity contribution in [2.45, 2.75) is 84.3 Å². The first kappa shape index (κ1) is 95.9. The van der Waals surface area contributed by atoms with E-state index < -0.39 is 0 Å². The van der Waals surface area contributed by atoms with Crippen molar-refractivity contribution in [3.8, 4) is 0 Å². The van der Waals surface area contributed by atoms with Gasteiger partial charge in [0.25, 0.3) is 0 Å². The molecule has 3 rings (SSSR count). The third kappa shape index (κ3) is 60.5. The van der Waals surface area contributed by atoms with E-state index in [9.17, 15) is 28.8 Å². The summed E-state index contributed by atoms with van der Waals surface area (Å²) in [7, 11) is 3.21. The molecule has 0 radical (unpaired) electrons. The van der Waals surface area contributed by atoms with Gasteiger partial charge in [-0.15, -0.1) is 15.3 Å². The molecular weight excluding hydrogens is 1420 g/mol. The van der Waals surface area contributed by atoms with E-state index in [1.165, 1.54) is 0 Å². The van der Waals surface area contributed by atoms with Gasteiger partial charge in [-0.25, -0.2) is 14.0 Å². The highest BCUT2D eigenvalue weighted by atomic mass is 16.6. The predicted octanol–water partition coefficient (Wildman–Crippen LogP) is -2.14. The van der Waals surface area contributed by atoms with Crippen LogP contribution in [0, 0.1) is 0 Å². The third-order valence-corrected chi connectivity index (χ3v) is 14.9. The summed E-state index contributed by atoms with van der Waals surface area (Å²) in [5, 5.41) is 38.0. The number of carbonyl (C=O) groups is 6. The van der Waals surface area contributed by atoms with Crippen LogP contribution < -0.4 is 26.6 Å². The van der Waals surface area contributed by atoms with Crippen molar-refractivity contribution < 1.29 is 114 Å². The molecule has 3 aromatic heterocycles. The molecule has 0 aliphatic carbocycles. The number of hydrogen-bond acceptors (Lipinski definition) is 31. The summed E-state index contributed by atoms with van der Waals surface area (Å²) in [4.78, 5) is 73.5. The second-order valence-corrected chi connectivity index (χ2v) is 23.6. The fraction of sp³-hybridized carbons (Fsp3) is 0.826. The number of nitrogens with zero attached hydrogens (tertiary/aromatic N) is 10. The average Bonchev–Trinajstić information content (AvgIpc) is 1.80. The van der Waals surface area contributed by atoms with Crippen LogP contribution in [0.3, 0.4) is 0 Å². The molecule has 3 heterocycles. The molecule has 0 bridgehead atoms. The van der Waals surface area contributed by atoms with Crippen molar-refractivity contribution >= 4 is 35.3 Å². The van der Waals surface area contributed by atoms with Crippen LogP contribution in [-0.2, 0) is 153 Å². The van der Waals surface area contributed by atoms with Crippen LogP contribution in [-0.4, -0.2) is 376 Å². The zero-order valence-corrected chi connectivity index (χ0v) is 64.2. The molecule has 0 aliphatic rings. The summed E-state index contributed by atoms with van der Waals surface area (Å²) in [5.74, 6) is -0.424. The first-order chi connectivity index (χ1) is 53.0. The first-order valence-electron chi connectivity index (χ1n) is 37.5. The minimum Gasteiger partial charge on any atom is -0.380 e. The van der Waals surface area contributed by atoms with Crippen LogP contribution in [0.1, 0.15) is 62.5 Å². The molecule has 39 heteroatoms. The molecule has 5 amide bonds. The van der Waals surface area contributed by atoms with E-state index in [-0.39, 0.29) is 74.4 Å². The maximum absolute atomic E-state index is 12.5. The molecular formula is C69H125N15O24. The molecule has 0 atom stereocenters. The topological polar surface area (TPSA) is 424 Å². The molecule has 39 nitrogen and oxygen atoms in total. The van der Waals surface area contributed by atoms with Gasteiger partial charge in [-0.3, -0.25) is 28.9 Å². The number of aromatic nitrogens is 9. The fourth-order valence-corrected chi connectivity index (χ4v) is 8.91. The van der Waals surface area contributed by atoms with Gasteiger partial charge in [0.1, 0.15) is 5.78 Å². The van der Waals surface area contributed by atoms with Gasteiger partial charge in [-0.05, 0) is 13.3 Å². The van der Waals surface area contributed by atoms with Gasteiger partial charge < -0.3 is 117 Å². The highest BCUT2D eigenvalue weighted by molar-refractivity contribution is 5.77. The minimum atomic E-state index is -0.158. The van der Waals surface area contributed by atoms with Crippen LogP contribution in [0.5, 0.6) is 0 Å². The highest BCUT2D eigenvalue weighted by Crippen LogP contribution is 2.03. The van der Waals surface area contributed by atoms with E-state index in [0.29, 0.717) is 315 Å². The standard InChI is InChI=1S/C69H125N15O24/c1-61(85)4-5-62-58-82(78-75-62)19-31-97-37-43-103-49-55-106-52-46-100-40-34-94-25-13-72-67(88)10-22-91-28-16-81(17-29-92-23-11-68(89)73-14-26-95-35-41-101-47-53-107-56-50-104-44-38-98-32-20-83-59-63(76-79-83)6-8-65(86)70-2)18-30-93-24-12-69(90)74-15-27-96-36-42-102-48-54-108-57-51-105-45-39-99-33-21-84-60-64(77-80-84)7-9-66(87)71-3/h58-60H,4-57H2,1-3H3,(H,70,86)(H,71,87)(H,72,88)(H,73,89)(H,74,90). The molecule has 5 N–H and O–H groups in total. The first-order valence-corrected chi connectivity index (χ1v) is 37.5. The molecule has 0 aliphatic heterocycles. The summed E-state index contributed by atoms with van der Waals surface area (Å²) in [6.07, 6.45) is 8.83. The van der Waals surface area contributed by atoms with Crippen molar-refractivity contribution in [3.63, 3.8) is 0 Å². The van der Waals surface area contributed by atoms with E-state index in [1.807, 2.05) is 18.6 Å². The lowest BCUT2D eigenvalue weighted by molar-refractivity contribution is -0.123.